The van der Waals surface area contributed by atoms with Crippen LogP contribution in [0, 0.1) is 18.8 Å². The zero-order chi connectivity index (χ0) is 20.9. The highest BCUT2D eigenvalue weighted by atomic mass is 16.5. The maximum absolute atomic E-state index is 10.7. The summed E-state index contributed by atoms with van der Waals surface area (Å²) in [6.45, 7) is 3.35. The van der Waals surface area contributed by atoms with Gasteiger partial charge in [-0.05, 0) is 44.9 Å². The van der Waals surface area contributed by atoms with Crippen LogP contribution in [0.4, 0.5) is 5.95 Å². The van der Waals surface area contributed by atoms with E-state index in [4.69, 9.17) is 15.2 Å². The molecule has 0 radical (unpaired) electrons. The summed E-state index contributed by atoms with van der Waals surface area (Å²) in [6, 6.07) is 7.35. The van der Waals surface area contributed by atoms with Crippen LogP contribution in [0.1, 0.15) is 48.5 Å². The van der Waals surface area contributed by atoms with Crippen molar-refractivity contribution in [3.63, 3.8) is 0 Å². The second-order valence-corrected chi connectivity index (χ2v) is 7.57. The van der Waals surface area contributed by atoms with Gasteiger partial charge in [-0.15, -0.1) is 0 Å². The van der Waals surface area contributed by atoms with E-state index in [1.165, 1.54) is 6.33 Å². The Balaban J connectivity index is 1.60. The number of rotatable bonds is 3. The number of aryl methyl sites for hydroxylation is 1. The Labute approximate surface area is 172 Å². The topological polar surface area (TPSA) is 129 Å². The van der Waals surface area contributed by atoms with Crippen LogP contribution in [-0.4, -0.2) is 34.8 Å². The van der Waals surface area contributed by atoms with E-state index < -0.39 is 5.60 Å². The fourth-order valence-electron chi connectivity index (χ4n) is 3.26. The highest BCUT2D eigenvalue weighted by molar-refractivity contribution is 5.79. The highest BCUT2D eigenvalue weighted by Gasteiger charge is 2.31. The van der Waals surface area contributed by atoms with Crippen molar-refractivity contribution < 1.29 is 9.63 Å². The average molecular weight is 401 g/mol. The van der Waals surface area contributed by atoms with Crippen molar-refractivity contribution in [3.05, 3.63) is 53.4 Å². The number of anilines is 1. The smallest absolute Gasteiger partial charge is 0.240 e. The molecular formula is C21H19N7O2. The van der Waals surface area contributed by atoms with E-state index in [-0.39, 0.29) is 5.95 Å². The Bertz CT molecular complexity index is 1320. The number of nitrogens with zero attached hydrogens (tertiary/aromatic N) is 6. The second kappa shape index (κ2) is 6.64. The van der Waals surface area contributed by atoms with E-state index in [2.05, 4.69) is 31.9 Å². The molecule has 0 amide bonds. The fraction of sp³-hybridized carbons (Fsp3) is 0.286. The quantitative estimate of drug-likeness (QED) is 0.500. The first-order valence-corrected chi connectivity index (χ1v) is 9.57. The van der Waals surface area contributed by atoms with E-state index in [9.17, 15) is 5.11 Å². The molecule has 3 heterocycles. The first-order chi connectivity index (χ1) is 14.4. The van der Waals surface area contributed by atoms with Crippen molar-refractivity contribution in [2.75, 3.05) is 5.73 Å². The third kappa shape index (κ3) is 3.27. The number of hydrogen-bond donors (Lipinski definition) is 2. The largest absolute Gasteiger partial charge is 0.372 e. The van der Waals surface area contributed by atoms with Crippen LogP contribution < -0.4 is 5.73 Å². The van der Waals surface area contributed by atoms with Gasteiger partial charge in [-0.1, -0.05) is 17.0 Å². The van der Waals surface area contributed by atoms with Crippen LogP contribution in [0.25, 0.3) is 17.0 Å². The van der Waals surface area contributed by atoms with Gasteiger partial charge in [0, 0.05) is 17.5 Å². The molecule has 30 heavy (non-hydrogen) atoms. The van der Waals surface area contributed by atoms with Gasteiger partial charge < -0.3 is 15.4 Å². The Hall–Kier alpha value is -3.77. The summed E-state index contributed by atoms with van der Waals surface area (Å²) >= 11 is 0. The van der Waals surface area contributed by atoms with E-state index in [1.54, 1.807) is 19.9 Å². The summed E-state index contributed by atoms with van der Waals surface area (Å²) in [5.74, 6) is 8.38. The average Bonchev–Trinajstić information content (AvgIpc) is 3.35. The molecule has 9 nitrogen and oxygen atoms in total. The van der Waals surface area contributed by atoms with Crippen LogP contribution in [0.15, 0.2) is 35.1 Å². The molecule has 9 heteroatoms. The standard InChI is InChI=1S/C21H19N7O2/c1-12-9-17(27-30-12)21(2,29)8-7-13-3-6-15-16(10-13)28(18(25-15)14-4-5-14)20-24-11-23-19(22)26-20/h3,6,9-11,14,29H,4-5H2,1-2H3,(H2,22,23,24,26). The molecule has 0 spiro atoms. The molecule has 1 fully saturated rings. The first kappa shape index (κ1) is 18.3. The Kier molecular flexibility index (Phi) is 4.04. The van der Waals surface area contributed by atoms with E-state index in [1.807, 2.05) is 22.8 Å². The maximum Gasteiger partial charge on any atom is 0.240 e. The van der Waals surface area contributed by atoms with Gasteiger partial charge in [-0.25, -0.2) is 15.0 Å². The molecule has 0 bridgehead atoms. The summed E-state index contributed by atoms with van der Waals surface area (Å²) < 4.78 is 6.96. The van der Waals surface area contributed by atoms with E-state index >= 15 is 0 Å². The zero-order valence-electron chi connectivity index (χ0n) is 16.5. The van der Waals surface area contributed by atoms with Gasteiger partial charge in [-0.2, -0.15) is 4.98 Å². The summed E-state index contributed by atoms with van der Waals surface area (Å²) in [4.78, 5) is 17.2. The van der Waals surface area contributed by atoms with Crippen molar-refractivity contribution in [2.45, 2.75) is 38.2 Å². The van der Waals surface area contributed by atoms with E-state index in [0.29, 0.717) is 28.9 Å². The molecule has 3 N–H and O–H groups in total. The Morgan fingerprint density at radius 2 is 2.07 bits per heavy atom. The molecule has 1 unspecified atom stereocenters. The molecule has 4 aromatic rings. The molecule has 0 aliphatic heterocycles. The lowest BCUT2D eigenvalue weighted by molar-refractivity contribution is 0.112. The molecule has 3 aromatic heterocycles. The van der Waals surface area contributed by atoms with Gasteiger partial charge in [0.15, 0.2) is 5.60 Å². The van der Waals surface area contributed by atoms with Gasteiger partial charge in [0.05, 0.1) is 11.0 Å². The third-order valence-electron chi connectivity index (χ3n) is 4.98. The van der Waals surface area contributed by atoms with Crippen LogP contribution in [-0.2, 0) is 5.60 Å². The number of nitrogen functional groups attached to an aromatic ring is 1. The first-order valence-electron chi connectivity index (χ1n) is 9.57. The summed E-state index contributed by atoms with van der Waals surface area (Å²) in [6.07, 6.45) is 3.55. The van der Waals surface area contributed by atoms with Crippen LogP contribution >= 0.6 is 0 Å². The number of nitrogens with two attached hydrogens (primary N) is 1. The molecule has 1 atom stereocenters. The summed E-state index contributed by atoms with van der Waals surface area (Å²) in [5.41, 5.74) is 7.07. The van der Waals surface area contributed by atoms with Gasteiger partial charge in [0.2, 0.25) is 11.9 Å². The molecule has 1 saturated carbocycles. The zero-order valence-corrected chi connectivity index (χ0v) is 16.5. The molecule has 150 valence electrons. The predicted octanol–water partition coefficient (Wildman–Crippen LogP) is 2.23. The van der Waals surface area contributed by atoms with Crippen LogP contribution in [0.5, 0.6) is 0 Å². The molecule has 5 rings (SSSR count). The summed E-state index contributed by atoms with van der Waals surface area (Å²) in [7, 11) is 0. The minimum Gasteiger partial charge on any atom is -0.372 e. The maximum atomic E-state index is 10.7. The normalized spacial score (nSPS) is 15.6. The van der Waals surface area contributed by atoms with Crippen LogP contribution in [0.2, 0.25) is 0 Å². The lowest BCUT2D eigenvalue weighted by Gasteiger charge is -2.11. The van der Waals surface area contributed by atoms with Crippen molar-refractivity contribution in [2.24, 2.45) is 0 Å². The Morgan fingerprint density at radius 1 is 1.23 bits per heavy atom. The van der Waals surface area contributed by atoms with E-state index in [0.717, 1.165) is 29.7 Å². The van der Waals surface area contributed by atoms with Crippen molar-refractivity contribution >= 4 is 17.0 Å². The third-order valence-corrected chi connectivity index (χ3v) is 4.98. The minimum absolute atomic E-state index is 0.151. The fourth-order valence-corrected chi connectivity index (χ4v) is 3.26. The number of benzene rings is 1. The number of fused-ring (bicyclic) bond motifs is 1. The van der Waals surface area contributed by atoms with Crippen molar-refractivity contribution in [1.82, 2.24) is 29.7 Å². The summed E-state index contributed by atoms with van der Waals surface area (Å²) in [5, 5.41) is 14.5. The molecule has 1 aliphatic carbocycles. The van der Waals surface area contributed by atoms with Gasteiger partial charge in [0.1, 0.15) is 23.6 Å². The predicted molar refractivity (Wildman–Crippen MR) is 109 cm³/mol. The lowest BCUT2D eigenvalue weighted by atomic mass is 10.0. The number of aliphatic hydroxyl groups is 1. The second-order valence-electron chi connectivity index (χ2n) is 7.57. The van der Waals surface area contributed by atoms with Crippen molar-refractivity contribution in [1.29, 1.82) is 0 Å². The van der Waals surface area contributed by atoms with Gasteiger partial charge in [0.25, 0.3) is 0 Å². The van der Waals surface area contributed by atoms with Gasteiger partial charge in [-0.3, -0.25) is 4.57 Å². The van der Waals surface area contributed by atoms with Crippen LogP contribution in [0.3, 0.4) is 0 Å². The SMILES string of the molecule is Cc1cc(C(C)(O)C#Cc2ccc3nc(C4CC4)n(-c4ncnc(N)n4)c3c2)no1. The molecule has 1 aromatic carbocycles. The molecule has 0 saturated heterocycles. The number of imidazole rings is 1. The monoisotopic (exact) mass is 401 g/mol. The number of hydrogen-bond acceptors (Lipinski definition) is 8. The van der Waals surface area contributed by atoms with Crippen molar-refractivity contribution in [3.8, 4) is 17.8 Å². The molecular weight excluding hydrogens is 382 g/mol. The number of aromatic nitrogens is 6. The van der Waals surface area contributed by atoms with Gasteiger partial charge >= 0.3 is 0 Å². The minimum atomic E-state index is -1.44. The Morgan fingerprint density at radius 3 is 2.77 bits per heavy atom. The molecule has 1 aliphatic rings. The lowest BCUT2D eigenvalue weighted by Crippen LogP contribution is -2.18. The highest BCUT2D eigenvalue weighted by Crippen LogP contribution is 2.41.